The average molecular weight is 506 g/mol. The summed E-state index contributed by atoms with van der Waals surface area (Å²) >= 11 is 0. The summed E-state index contributed by atoms with van der Waals surface area (Å²) in [6, 6.07) is 8.01. The first-order chi connectivity index (χ1) is 16.9. The first kappa shape index (κ1) is 30.2. The van der Waals surface area contributed by atoms with Gasteiger partial charge < -0.3 is 19.9 Å². The van der Waals surface area contributed by atoms with Crippen LogP contribution in [0.4, 0.5) is 0 Å². The van der Waals surface area contributed by atoms with E-state index in [-0.39, 0.29) is 0 Å². The van der Waals surface area contributed by atoms with Crippen LogP contribution in [0.5, 0.6) is 0 Å². The van der Waals surface area contributed by atoms with Gasteiger partial charge >= 0.3 is 0 Å². The van der Waals surface area contributed by atoms with Gasteiger partial charge in [0.1, 0.15) is 16.8 Å². The molecule has 2 aromatic heterocycles. The van der Waals surface area contributed by atoms with Crippen LogP contribution >= 0.6 is 0 Å². The number of rotatable bonds is 6. The molecule has 0 spiro atoms. The van der Waals surface area contributed by atoms with Crippen molar-refractivity contribution in [3.63, 3.8) is 0 Å². The van der Waals surface area contributed by atoms with Gasteiger partial charge in [0.2, 0.25) is 6.41 Å². The molecule has 4 rings (SSSR count). The lowest BCUT2D eigenvalue weighted by Crippen LogP contribution is -2.33. The molecular formula is C25H39N5O4S. The summed E-state index contributed by atoms with van der Waals surface area (Å²) in [5, 5.41) is 3.10. The van der Waals surface area contributed by atoms with Crippen LogP contribution in [0.15, 0.2) is 36.7 Å². The molecule has 0 aliphatic carbocycles. The number of hydrogen-bond acceptors (Lipinski definition) is 6. The summed E-state index contributed by atoms with van der Waals surface area (Å²) < 4.78 is 16.5. The highest BCUT2D eigenvalue weighted by molar-refractivity contribution is 7.82. The van der Waals surface area contributed by atoms with E-state index in [0.29, 0.717) is 11.5 Å². The van der Waals surface area contributed by atoms with E-state index in [1.165, 1.54) is 9.54 Å². The number of benzene rings is 1. The molecule has 1 saturated heterocycles. The smallest absolute Gasteiger partial charge is 0.209 e. The number of H-pyrrole nitrogens is 1. The van der Waals surface area contributed by atoms with E-state index in [4.69, 9.17) is 0 Å². The van der Waals surface area contributed by atoms with Gasteiger partial charge in [0.15, 0.2) is 6.29 Å². The van der Waals surface area contributed by atoms with Crippen molar-refractivity contribution >= 4 is 34.7 Å². The minimum atomic E-state index is -1.05. The van der Waals surface area contributed by atoms with E-state index in [0.717, 1.165) is 62.0 Å². The molecule has 194 valence electrons. The highest BCUT2D eigenvalue weighted by Gasteiger charge is 2.20. The van der Waals surface area contributed by atoms with Crippen molar-refractivity contribution in [2.24, 2.45) is 0 Å². The highest BCUT2D eigenvalue weighted by atomic mass is 32.2. The molecule has 35 heavy (non-hydrogen) atoms. The second-order valence-electron chi connectivity index (χ2n) is 7.68. The zero-order valence-corrected chi connectivity index (χ0v) is 22.4. The van der Waals surface area contributed by atoms with Crippen LogP contribution < -0.4 is 5.32 Å². The van der Waals surface area contributed by atoms with Crippen LogP contribution in [-0.4, -0.2) is 76.4 Å². The van der Waals surface area contributed by atoms with Crippen LogP contribution in [0, 0.1) is 0 Å². The molecule has 2 N–H and O–H groups in total. The molecule has 3 aromatic rings. The minimum absolute atomic E-state index is 0.439. The Morgan fingerprint density at radius 1 is 1.26 bits per heavy atom. The molecule has 0 saturated carbocycles. The summed E-state index contributed by atoms with van der Waals surface area (Å²) in [5.41, 5.74) is 3.93. The molecule has 0 radical (unpaired) electrons. The van der Waals surface area contributed by atoms with E-state index in [1.54, 1.807) is 38.9 Å². The summed E-state index contributed by atoms with van der Waals surface area (Å²) in [6.07, 6.45) is 8.62. The number of carbonyl (C=O) groups is 2. The van der Waals surface area contributed by atoms with E-state index < -0.39 is 11.0 Å². The highest BCUT2D eigenvalue weighted by Crippen LogP contribution is 2.28. The fourth-order valence-corrected chi connectivity index (χ4v) is 4.08. The molecule has 1 fully saturated rings. The van der Waals surface area contributed by atoms with Crippen LogP contribution in [0.2, 0.25) is 0 Å². The SMILES string of the molecule is CC.CNCc1nc2ccc(C3CCCN(C=O)C3)cc2[nH]1.COC.CS(=O)n1ccc(C=O)c1. The minimum Gasteiger partial charge on any atom is -0.388 e. The molecule has 10 heteroatoms. The Balaban J connectivity index is 0.000000343. The lowest BCUT2D eigenvalue weighted by molar-refractivity contribution is -0.119. The van der Waals surface area contributed by atoms with Crippen molar-refractivity contribution in [2.45, 2.75) is 39.2 Å². The standard InChI is InChI=1S/C15H20N4O.C6H7NO2S.C2H6O.C2H6/c1-16-8-15-17-13-5-4-11(7-14(13)18-15)12-3-2-6-19(9-12)10-20;1-10(9)7-3-2-6(4-7)5-8;1-3-2;1-2/h4-5,7,10,12,16H,2-3,6,8-9H2,1H3,(H,17,18);2-5H,1H3;1-2H3;1-2H3. The molecule has 1 aliphatic rings. The van der Waals surface area contributed by atoms with Crippen LogP contribution in [0.25, 0.3) is 11.0 Å². The molecule has 0 bridgehead atoms. The molecule has 1 aromatic carbocycles. The zero-order valence-electron chi connectivity index (χ0n) is 21.6. The Bertz CT molecular complexity index is 1050. The maximum Gasteiger partial charge on any atom is 0.209 e. The predicted molar refractivity (Wildman–Crippen MR) is 142 cm³/mol. The second kappa shape index (κ2) is 16.7. The molecule has 1 aliphatic heterocycles. The van der Waals surface area contributed by atoms with Crippen molar-refractivity contribution in [1.82, 2.24) is 24.2 Å². The van der Waals surface area contributed by atoms with E-state index in [9.17, 15) is 13.8 Å². The van der Waals surface area contributed by atoms with Gasteiger partial charge in [-0.05, 0) is 43.7 Å². The topological polar surface area (TPSA) is 109 Å². The number of amides is 1. The quantitative estimate of drug-likeness (QED) is 0.497. The average Bonchev–Trinajstić information content (AvgIpc) is 3.53. The normalized spacial score (nSPS) is 15.5. The first-order valence-electron chi connectivity index (χ1n) is 11.6. The predicted octanol–water partition coefficient (Wildman–Crippen LogP) is 3.35. The van der Waals surface area contributed by atoms with Gasteiger partial charge in [-0.15, -0.1) is 0 Å². The Morgan fingerprint density at radius 3 is 2.51 bits per heavy atom. The van der Waals surface area contributed by atoms with E-state index in [2.05, 4.69) is 38.2 Å². The number of piperidine rings is 1. The maximum atomic E-state index is 10.9. The monoisotopic (exact) mass is 505 g/mol. The van der Waals surface area contributed by atoms with Gasteiger partial charge in [0.25, 0.3) is 0 Å². The van der Waals surface area contributed by atoms with Gasteiger partial charge in [-0.25, -0.2) is 9.19 Å². The van der Waals surface area contributed by atoms with Crippen molar-refractivity contribution < 1.29 is 18.5 Å². The fraction of sp³-hybridized carbons (Fsp3) is 0.480. The number of aldehydes is 1. The zero-order chi connectivity index (χ0) is 26.2. The maximum absolute atomic E-state index is 10.9. The number of nitrogens with zero attached hydrogens (tertiary/aromatic N) is 3. The van der Waals surface area contributed by atoms with Crippen molar-refractivity contribution in [3.8, 4) is 0 Å². The first-order valence-corrected chi connectivity index (χ1v) is 13.2. The second-order valence-corrected chi connectivity index (χ2v) is 8.95. The lowest BCUT2D eigenvalue weighted by atomic mass is 9.90. The largest absolute Gasteiger partial charge is 0.388 e. The number of methoxy groups -OCH3 is 1. The molecule has 3 heterocycles. The Labute approximate surface area is 210 Å². The van der Waals surface area contributed by atoms with Crippen molar-refractivity contribution in [1.29, 1.82) is 0 Å². The Hall–Kier alpha value is -2.82. The number of imidazole rings is 1. The fourth-order valence-electron chi connectivity index (χ4n) is 3.58. The van der Waals surface area contributed by atoms with Crippen molar-refractivity contribution in [3.05, 3.63) is 53.6 Å². The van der Waals surface area contributed by atoms with Gasteiger partial charge in [-0.1, -0.05) is 19.9 Å². The van der Waals surface area contributed by atoms with E-state index >= 15 is 0 Å². The van der Waals surface area contributed by atoms with Crippen LogP contribution in [-0.2, 0) is 27.1 Å². The van der Waals surface area contributed by atoms with Gasteiger partial charge in [0.05, 0.1) is 17.6 Å². The summed E-state index contributed by atoms with van der Waals surface area (Å²) in [7, 11) is 4.11. The number of likely N-dealkylation sites (tertiary alicyclic amines) is 1. The molecule has 2 unspecified atom stereocenters. The lowest BCUT2D eigenvalue weighted by Gasteiger charge is -2.30. The van der Waals surface area contributed by atoms with Crippen LogP contribution in [0.1, 0.15) is 54.4 Å². The number of aromatic nitrogens is 3. The third kappa shape index (κ3) is 9.75. The van der Waals surface area contributed by atoms with Gasteiger partial charge in [0, 0.05) is 57.4 Å². The van der Waals surface area contributed by atoms with Gasteiger partial charge in [-0.2, -0.15) is 0 Å². The van der Waals surface area contributed by atoms with Crippen LogP contribution in [0.3, 0.4) is 0 Å². The third-order valence-electron chi connectivity index (χ3n) is 5.10. The van der Waals surface area contributed by atoms with E-state index in [1.807, 2.05) is 25.8 Å². The summed E-state index contributed by atoms with van der Waals surface area (Å²) in [4.78, 5) is 30.8. The third-order valence-corrected chi connectivity index (χ3v) is 5.92. The van der Waals surface area contributed by atoms with Crippen molar-refractivity contribution in [2.75, 3.05) is 40.6 Å². The number of fused-ring (bicyclic) bond motifs is 1. The number of carbonyl (C=O) groups excluding carboxylic acids is 2. The number of ether oxygens (including phenoxy) is 1. The molecule has 9 nitrogen and oxygen atoms in total. The molecule has 1 amide bonds. The molecular weight excluding hydrogens is 466 g/mol. The Morgan fingerprint density at radius 2 is 1.97 bits per heavy atom. The number of aromatic amines is 1. The number of hydrogen-bond donors (Lipinski definition) is 2. The summed E-state index contributed by atoms with van der Waals surface area (Å²) in [5.74, 6) is 1.40. The summed E-state index contributed by atoms with van der Waals surface area (Å²) in [6.45, 7) is 6.46. The Kier molecular flexibility index (Phi) is 14.5. The van der Waals surface area contributed by atoms with Gasteiger partial charge in [-0.3, -0.25) is 13.6 Å². The molecule has 2 atom stereocenters. The number of nitrogens with one attached hydrogen (secondary N) is 2.